The number of aliphatic hydroxyl groups is 1. The smallest absolute Gasteiger partial charge is 0.203 e. The van der Waals surface area contributed by atoms with E-state index in [0.29, 0.717) is 12.8 Å². The molecule has 130 valence electrons. The molecule has 0 bridgehead atoms. The van der Waals surface area contributed by atoms with Crippen LogP contribution in [0.5, 0.6) is 0 Å². The number of aliphatic hydroxyl groups excluding tert-OH is 1. The fraction of sp³-hybridized carbons (Fsp3) is 0.941. The number of carbonyl (C=O) groups is 1. The fourth-order valence-electron chi connectivity index (χ4n) is 2.54. The molecule has 1 unspecified atom stereocenters. The molecular weight excluding hydrogens is 282 g/mol. The summed E-state index contributed by atoms with van der Waals surface area (Å²) in [7, 11) is 0. The van der Waals surface area contributed by atoms with Crippen LogP contribution in [0.3, 0.4) is 0 Å². The van der Waals surface area contributed by atoms with Crippen LogP contribution in [-0.2, 0) is 4.79 Å². The molecule has 5 nitrogen and oxygen atoms in total. The largest absolute Gasteiger partial charge is 0.393 e. The maximum atomic E-state index is 11.7. The van der Waals surface area contributed by atoms with Crippen molar-refractivity contribution in [1.29, 1.82) is 0 Å². The normalized spacial score (nSPS) is 12.3. The number of carbonyl (C=O) groups excluding carboxylic acids is 1. The lowest BCUT2D eigenvalue weighted by atomic mass is 10.0. The predicted octanol–water partition coefficient (Wildman–Crippen LogP) is 4.28. The lowest BCUT2D eigenvalue weighted by molar-refractivity contribution is -0.480. The highest BCUT2D eigenvalue weighted by Crippen LogP contribution is 2.12. The second-order valence-corrected chi connectivity index (χ2v) is 6.17. The van der Waals surface area contributed by atoms with Crippen LogP contribution >= 0.6 is 0 Å². The molecule has 0 fully saturated rings. The number of Topliss-reactive ketones (excluding diaryl/α,β-unsaturated/α-hetero) is 1. The van der Waals surface area contributed by atoms with Crippen LogP contribution in [0.15, 0.2) is 0 Å². The third-order valence-electron chi connectivity index (χ3n) is 3.90. The molecule has 5 heteroatoms. The molecule has 0 saturated carbocycles. The van der Waals surface area contributed by atoms with Crippen molar-refractivity contribution in [3.63, 3.8) is 0 Å². The minimum Gasteiger partial charge on any atom is -0.393 e. The molecule has 0 heterocycles. The second kappa shape index (κ2) is 14.9. The van der Waals surface area contributed by atoms with E-state index in [1.807, 2.05) is 0 Å². The minimum absolute atomic E-state index is 0.0450. The Labute approximate surface area is 134 Å². The van der Waals surface area contributed by atoms with Crippen LogP contribution in [-0.4, -0.2) is 28.5 Å². The van der Waals surface area contributed by atoms with Crippen molar-refractivity contribution in [2.24, 2.45) is 0 Å². The lowest BCUT2D eigenvalue weighted by Gasteiger charge is -2.09. The van der Waals surface area contributed by atoms with Gasteiger partial charge < -0.3 is 5.11 Å². The molecule has 0 aliphatic carbocycles. The number of nitro groups is 1. The second-order valence-electron chi connectivity index (χ2n) is 6.17. The summed E-state index contributed by atoms with van der Waals surface area (Å²) in [4.78, 5) is 21.6. The zero-order valence-electron chi connectivity index (χ0n) is 14.1. The van der Waals surface area contributed by atoms with Crippen molar-refractivity contribution < 1.29 is 14.8 Å². The molecule has 0 rings (SSSR count). The van der Waals surface area contributed by atoms with Crippen molar-refractivity contribution in [1.82, 2.24) is 0 Å². The first kappa shape index (κ1) is 21.0. The van der Waals surface area contributed by atoms with E-state index in [2.05, 4.69) is 6.92 Å². The third-order valence-corrected chi connectivity index (χ3v) is 3.90. The van der Waals surface area contributed by atoms with Gasteiger partial charge in [0.15, 0.2) is 0 Å². The van der Waals surface area contributed by atoms with Gasteiger partial charge in [0.1, 0.15) is 5.78 Å². The maximum absolute atomic E-state index is 11.7. The lowest BCUT2D eigenvalue weighted by Crippen LogP contribution is -2.13. The highest BCUT2D eigenvalue weighted by molar-refractivity contribution is 5.78. The standard InChI is InChI=1S/C17H33NO4/c1-2-3-4-6-9-12-16(19)15-17(20)13-10-7-5-8-11-14-18(21)22/h16,19H,2-15H2,1H3. The Hall–Kier alpha value is -0.970. The van der Waals surface area contributed by atoms with Crippen LogP contribution < -0.4 is 0 Å². The average Bonchev–Trinajstić information content (AvgIpc) is 2.45. The van der Waals surface area contributed by atoms with Crippen molar-refractivity contribution >= 4 is 5.78 Å². The number of unbranched alkanes of at least 4 members (excludes halogenated alkanes) is 8. The number of ketones is 1. The van der Waals surface area contributed by atoms with Gasteiger partial charge in [0.2, 0.25) is 6.54 Å². The van der Waals surface area contributed by atoms with E-state index in [4.69, 9.17) is 0 Å². The predicted molar refractivity (Wildman–Crippen MR) is 88.6 cm³/mol. The first-order valence-electron chi connectivity index (χ1n) is 8.87. The molecule has 22 heavy (non-hydrogen) atoms. The zero-order valence-corrected chi connectivity index (χ0v) is 14.1. The quantitative estimate of drug-likeness (QED) is 0.262. The van der Waals surface area contributed by atoms with Crippen molar-refractivity contribution in [2.75, 3.05) is 6.54 Å². The van der Waals surface area contributed by atoms with Gasteiger partial charge in [-0.3, -0.25) is 14.9 Å². The summed E-state index contributed by atoms with van der Waals surface area (Å²) in [5, 5.41) is 20.0. The molecule has 0 saturated heterocycles. The van der Waals surface area contributed by atoms with Gasteiger partial charge in [-0.25, -0.2) is 0 Å². The van der Waals surface area contributed by atoms with Gasteiger partial charge in [-0.05, 0) is 19.3 Å². The SMILES string of the molecule is CCCCCCCC(O)CC(=O)CCCCCCC[N+](=O)[O-]. The van der Waals surface area contributed by atoms with Crippen molar-refractivity contribution in [2.45, 2.75) is 96.5 Å². The Morgan fingerprint density at radius 2 is 1.59 bits per heavy atom. The summed E-state index contributed by atoms with van der Waals surface area (Å²) in [6.45, 7) is 2.22. The van der Waals surface area contributed by atoms with E-state index < -0.39 is 6.10 Å². The van der Waals surface area contributed by atoms with Crippen molar-refractivity contribution in [3.05, 3.63) is 10.1 Å². The van der Waals surface area contributed by atoms with Gasteiger partial charge in [0.25, 0.3) is 0 Å². The zero-order chi connectivity index (χ0) is 16.6. The van der Waals surface area contributed by atoms with E-state index in [9.17, 15) is 20.0 Å². The molecular formula is C17H33NO4. The number of rotatable bonds is 16. The van der Waals surface area contributed by atoms with E-state index in [1.54, 1.807) is 0 Å². The Morgan fingerprint density at radius 1 is 1.00 bits per heavy atom. The number of hydrogen-bond donors (Lipinski definition) is 1. The Bertz CT molecular complexity index is 294. The van der Waals surface area contributed by atoms with Crippen LogP contribution in [0.1, 0.15) is 90.4 Å². The minimum atomic E-state index is -0.478. The molecule has 0 aromatic heterocycles. The van der Waals surface area contributed by atoms with Crippen LogP contribution in [0.25, 0.3) is 0 Å². The van der Waals surface area contributed by atoms with E-state index in [0.717, 1.165) is 44.9 Å². The van der Waals surface area contributed by atoms with E-state index in [-0.39, 0.29) is 23.7 Å². The topological polar surface area (TPSA) is 80.4 Å². The third kappa shape index (κ3) is 15.4. The molecule has 0 amide bonds. The summed E-state index contributed by atoms with van der Waals surface area (Å²) < 4.78 is 0. The molecule has 0 aromatic carbocycles. The first-order valence-corrected chi connectivity index (χ1v) is 8.87. The van der Waals surface area contributed by atoms with Gasteiger partial charge in [-0.2, -0.15) is 0 Å². The Kier molecular flexibility index (Phi) is 14.3. The summed E-state index contributed by atoms with van der Waals surface area (Å²) in [5.41, 5.74) is 0. The number of nitrogens with zero attached hydrogens (tertiary/aromatic N) is 1. The average molecular weight is 315 g/mol. The summed E-state index contributed by atoms with van der Waals surface area (Å²) >= 11 is 0. The van der Waals surface area contributed by atoms with E-state index in [1.165, 1.54) is 19.3 Å². The van der Waals surface area contributed by atoms with Gasteiger partial charge in [0, 0.05) is 24.2 Å². The van der Waals surface area contributed by atoms with Gasteiger partial charge in [-0.1, -0.05) is 51.9 Å². The summed E-state index contributed by atoms with van der Waals surface area (Å²) in [6.07, 6.45) is 11.1. The summed E-state index contributed by atoms with van der Waals surface area (Å²) in [6, 6.07) is 0. The molecule has 0 aliphatic rings. The molecule has 0 aromatic rings. The summed E-state index contributed by atoms with van der Waals surface area (Å²) in [5.74, 6) is 0.145. The number of hydrogen-bond acceptors (Lipinski definition) is 4. The van der Waals surface area contributed by atoms with Gasteiger partial charge in [-0.15, -0.1) is 0 Å². The molecule has 1 N–H and O–H groups in total. The van der Waals surface area contributed by atoms with Crippen LogP contribution in [0.4, 0.5) is 0 Å². The maximum Gasteiger partial charge on any atom is 0.203 e. The Morgan fingerprint density at radius 3 is 2.27 bits per heavy atom. The highest BCUT2D eigenvalue weighted by Gasteiger charge is 2.10. The highest BCUT2D eigenvalue weighted by atomic mass is 16.6. The van der Waals surface area contributed by atoms with E-state index >= 15 is 0 Å². The van der Waals surface area contributed by atoms with Crippen LogP contribution in [0, 0.1) is 10.1 Å². The molecule has 0 radical (unpaired) electrons. The van der Waals surface area contributed by atoms with Crippen LogP contribution in [0.2, 0.25) is 0 Å². The molecule has 0 spiro atoms. The Balaban J connectivity index is 3.38. The fourth-order valence-corrected chi connectivity index (χ4v) is 2.54. The van der Waals surface area contributed by atoms with Crippen molar-refractivity contribution in [3.8, 4) is 0 Å². The molecule has 0 aliphatic heterocycles. The first-order chi connectivity index (χ1) is 10.6. The van der Waals surface area contributed by atoms with Gasteiger partial charge in [0.05, 0.1) is 6.10 Å². The van der Waals surface area contributed by atoms with Gasteiger partial charge >= 0.3 is 0 Å². The molecule has 1 atom stereocenters. The monoisotopic (exact) mass is 315 g/mol.